The van der Waals surface area contributed by atoms with Gasteiger partial charge in [0.15, 0.2) is 0 Å². The molecule has 1 unspecified atom stereocenters. The van der Waals surface area contributed by atoms with Crippen LogP contribution in [0.2, 0.25) is 0 Å². The minimum absolute atomic E-state index is 0.0124. The molecule has 0 spiro atoms. The van der Waals surface area contributed by atoms with E-state index in [1.165, 1.54) is 302 Å². The smallest absolute Gasteiger partial charge is 0.306 e. The van der Waals surface area contributed by atoms with Crippen molar-refractivity contribution >= 4 is 23.9 Å². The lowest BCUT2D eigenvalue weighted by Crippen LogP contribution is -2.28. The molecule has 0 aromatic carbocycles. The van der Waals surface area contributed by atoms with Gasteiger partial charge in [-0.05, 0) is 188 Å². The van der Waals surface area contributed by atoms with Crippen LogP contribution in [0, 0.1) is 39.5 Å². The first-order valence-corrected chi connectivity index (χ1v) is 49.9. The van der Waals surface area contributed by atoms with Gasteiger partial charge in [0.05, 0.1) is 30.5 Å². The molecular weight excluding hydrogens is 1410 g/mol. The van der Waals surface area contributed by atoms with Crippen molar-refractivity contribution in [1.29, 1.82) is 0 Å². The number of ether oxygens (including phenoxy) is 3. The van der Waals surface area contributed by atoms with Crippen molar-refractivity contribution in [3.8, 4) is 0 Å². The molecule has 668 valence electrons. The fourth-order valence-electron chi connectivity index (χ4n) is 16.8. The number of carbonyl (C=O) groups is 4. The van der Waals surface area contributed by atoms with Crippen LogP contribution in [-0.2, 0) is 46.5 Å². The fraction of sp³-hybridized carbons (Fsp3) is 0.900. The molecule has 0 bridgehead atoms. The van der Waals surface area contributed by atoms with E-state index < -0.39 is 5.97 Å². The van der Waals surface area contributed by atoms with Gasteiger partial charge in [0.2, 0.25) is 0 Å². The average Bonchev–Trinajstić information content (AvgIpc) is 1.79. The van der Waals surface area contributed by atoms with E-state index in [1.807, 2.05) is 0 Å². The molecule has 1 atom stereocenters. The summed E-state index contributed by atoms with van der Waals surface area (Å²) in [5.41, 5.74) is 2.19. The Morgan fingerprint density at radius 2 is 0.570 bits per heavy atom. The highest BCUT2D eigenvalue weighted by Crippen LogP contribution is 2.31. The molecule has 0 saturated carbocycles. The molecule has 0 saturated heterocycles. The number of hydrogen-bond acceptors (Lipinski definition) is 11. The number of aliphatic carboxylic acids is 1. The molecule has 0 aliphatic carbocycles. The number of hydrogen-bond donors (Lipinski definition) is 1. The van der Waals surface area contributed by atoms with Crippen molar-refractivity contribution in [2.45, 2.75) is 519 Å². The molecule has 0 aliphatic rings. The number of aryl methyl sites for hydroxylation is 6. The van der Waals surface area contributed by atoms with Crippen LogP contribution in [0.4, 0.5) is 0 Å². The molecule has 14 heteroatoms. The Bertz CT molecular complexity index is 2390. The zero-order valence-electron chi connectivity index (χ0n) is 77.3. The third-order valence-corrected chi connectivity index (χ3v) is 24.1. The standard InChI is InChI=1S/2C50H95N3O4/c1-6-9-12-15-18-27-34-44-56-49(54)38-30-23-19-25-32-40-52(42-35-43-53-45-46(4)51-47(53)5)41-33-26-20-24-31-39-50(55)57-48(36-28-21-16-13-10-7-2)37-29-22-17-14-11-8-3;1-6-9-12-15-18-26-33-43-57-49(54)38-30-22-19-24-31-39-52(41-34-42-53-44-45(4)51-46(53)5)40-32-25-23-29-37-48(50(55)56)47(35-27-20-16-13-10-7-2)36-28-21-17-14-11-8-3/h45,48H,6-44H2,1-5H3;44,47-48H,6-43H2,1-5H3,(H,55,56). The number of carboxylic acid groups (broad SMARTS) is 1. The van der Waals surface area contributed by atoms with Gasteiger partial charge in [0, 0.05) is 44.7 Å². The molecule has 14 nitrogen and oxygen atoms in total. The van der Waals surface area contributed by atoms with Crippen LogP contribution < -0.4 is 0 Å². The second kappa shape index (κ2) is 81.6. The molecule has 0 aliphatic heterocycles. The summed E-state index contributed by atoms with van der Waals surface area (Å²) in [6.07, 6.45) is 83.2. The van der Waals surface area contributed by atoms with E-state index in [0.29, 0.717) is 38.4 Å². The van der Waals surface area contributed by atoms with E-state index in [-0.39, 0.29) is 29.9 Å². The van der Waals surface area contributed by atoms with E-state index in [1.54, 1.807) is 0 Å². The number of aromatic nitrogens is 4. The molecule has 2 aromatic rings. The molecule has 1 N–H and O–H groups in total. The summed E-state index contributed by atoms with van der Waals surface area (Å²) < 4.78 is 21.6. The molecule has 0 fully saturated rings. The van der Waals surface area contributed by atoms with Gasteiger partial charge in [-0.25, -0.2) is 9.97 Å². The summed E-state index contributed by atoms with van der Waals surface area (Å²) in [4.78, 5) is 64.3. The lowest BCUT2D eigenvalue weighted by atomic mass is 9.80. The second-order valence-electron chi connectivity index (χ2n) is 35.1. The van der Waals surface area contributed by atoms with Gasteiger partial charge in [-0.3, -0.25) is 19.2 Å². The van der Waals surface area contributed by atoms with Crippen LogP contribution in [-0.4, -0.2) is 116 Å². The molecule has 114 heavy (non-hydrogen) atoms. The molecule has 0 amide bonds. The quantitative estimate of drug-likeness (QED) is 0.0380. The minimum atomic E-state index is -0.551. The first kappa shape index (κ1) is 108. The van der Waals surface area contributed by atoms with Crippen LogP contribution in [0.15, 0.2) is 12.4 Å². The molecule has 0 radical (unpaired) electrons. The normalized spacial score (nSPS) is 11.9. The lowest BCUT2D eigenvalue weighted by Gasteiger charge is -2.25. The Hall–Kier alpha value is -3.78. The third-order valence-electron chi connectivity index (χ3n) is 24.1. The van der Waals surface area contributed by atoms with Gasteiger partial charge >= 0.3 is 23.9 Å². The number of unbranched alkanes of at least 4 members (excludes halogenated alkanes) is 47. The van der Waals surface area contributed by atoms with E-state index in [9.17, 15) is 24.3 Å². The second-order valence-corrected chi connectivity index (χ2v) is 35.1. The largest absolute Gasteiger partial charge is 0.481 e. The van der Waals surface area contributed by atoms with Crippen molar-refractivity contribution in [3.63, 3.8) is 0 Å². The topological polar surface area (TPSA) is 158 Å². The minimum Gasteiger partial charge on any atom is -0.481 e. The van der Waals surface area contributed by atoms with Crippen molar-refractivity contribution in [1.82, 2.24) is 28.9 Å². The van der Waals surface area contributed by atoms with Crippen LogP contribution in [0.1, 0.15) is 495 Å². The first-order valence-electron chi connectivity index (χ1n) is 49.9. The van der Waals surface area contributed by atoms with E-state index in [4.69, 9.17) is 14.2 Å². The SMILES string of the molecule is CCCCCCCCCOC(=O)CCCCCCCN(CCCCCCC(C(=O)O)C(CCCCCCCC)CCCCCCCC)CCCn1cc(C)nc1C.CCCCCCCCCOC(=O)CCCCCCCN(CCCCCCCC(=O)OC(CCCCCCCC)CCCCCCCC)CCCn1cc(C)nc1C. The molecular formula is C100H190N6O8. The number of carbonyl (C=O) groups excluding carboxylic acids is 3. The summed E-state index contributed by atoms with van der Waals surface area (Å²) in [7, 11) is 0. The van der Waals surface area contributed by atoms with Gasteiger partial charge in [-0.2, -0.15) is 0 Å². The number of esters is 3. The zero-order valence-corrected chi connectivity index (χ0v) is 77.3. The predicted octanol–water partition coefficient (Wildman–Crippen LogP) is 29.2. The highest BCUT2D eigenvalue weighted by Gasteiger charge is 2.27. The van der Waals surface area contributed by atoms with Crippen molar-refractivity contribution in [2.24, 2.45) is 11.8 Å². The summed E-state index contributed by atoms with van der Waals surface area (Å²) >= 11 is 0. The van der Waals surface area contributed by atoms with E-state index >= 15 is 0 Å². The monoisotopic (exact) mass is 1600 g/mol. The van der Waals surface area contributed by atoms with Crippen LogP contribution in [0.25, 0.3) is 0 Å². The average molecular weight is 1600 g/mol. The van der Waals surface area contributed by atoms with Crippen LogP contribution >= 0.6 is 0 Å². The van der Waals surface area contributed by atoms with Gasteiger partial charge in [0.25, 0.3) is 0 Å². The van der Waals surface area contributed by atoms with Gasteiger partial charge in [-0.1, -0.05) is 337 Å². The fourth-order valence-corrected chi connectivity index (χ4v) is 16.8. The molecule has 2 heterocycles. The maximum absolute atomic E-state index is 12.9. The van der Waals surface area contributed by atoms with E-state index in [2.05, 4.69) is 111 Å². The molecule has 2 aromatic heterocycles. The number of carboxylic acids is 1. The zero-order chi connectivity index (χ0) is 83.1. The Kier molecular flexibility index (Phi) is 77.4. The summed E-state index contributed by atoms with van der Waals surface area (Å²) in [5, 5.41) is 10.4. The summed E-state index contributed by atoms with van der Waals surface area (Å²) in [6.45, 7) is 31.9. The Morgan fingerprint density at radius 3 is 0.868 bits per heavy atom. The van der Waals surface area contributed by atoms with Crippen LogP contribution in [0.3, 0.4) is 0 Å². The summed E-state index contributed by atoms with van der Waals surface area (Å²) in [6, 6.07) is 0. The maximum atomic E-state index is 12.9. The highest BCUT2D eigenvalue weighted by molar-refractivity contribution is 5.70. The Labute approximate surface area is 705 Å². The van der Waals surface area contributed by atoms with Gasteiger partial charge in [0.1, 0.15) is 17.8 Å². The first-order chi connectivity index (χ1) is 55.7. The number of rotatable bonds is 86. The lowest BCUT2D eigenvalue weighted by molar-refractivity contribution is -0.150. The number of nitrogens with zero attached hydrogens (tertiary/aromatic N) is 6. The summed E-state index contributed by atoms with van der Waals surface area (Å²) in [5.74, 6) is 1.82. The Balaban J connectivity index is 0.00000114. The number of imidazole rings is 2. The Morgan fingerprint density at radius 1 is 0.316 bits per heavy atom. The predicted molar refractivity (Wildman–Crippen MR) is 486 cm³/mol. The van der Waals surface area contributed by atoms with Crippen molar-refractivity contribution < 1.29 is 38.5 Å². The maximum Gasteiger partial charge on any atom is 0.306 e. The van der Waals surface area contributed by atoms with Gasteiger partial charge < -0.3 is 38.3 Å². The highest BCUT2D eigenvalue weighted by atomic mass is 16.5. The van der Waals surface area contributed by atoms with E-state index in [0.717, 1.165) is 185 Å². The van der Waals surface area contributed by atoms with Crippen LogP contribution in [0.5, 0.6) is 0 Å². The third kappa shape index (κ3) is 68.0. The molecule has 2 rings (SSSR count). The van der Waals surface area contributed by atoms with Gasteiger partial charge in [-0.15, -0.1) is 0 Å². The van der Waals surface area contributed by atoms with Crippen molar-refractivity contribution in [3.05, 3.63) is 35.4 Å². The van der Waals surface area contributed by atoms with Crippen molar-refractivity contribution in [2.75, 3.05) is 52.5 Å².